The standard InChI is InChI=1S/C13H8BrN/c14-13-11(5-3-9-15)8-7-10-4-1-2-6-12(10)13/h1-8H. The molecule has 0 unspecified atom stereocenters. The highest BCUT2D eigenvalue weighted by Gasteiger charge is 2.01. The molecule has 2 rings (SSSR count). The molecule has 72 valence electrons. The van der Waals surface area contributed by atoms with Crippen LogP contribution in [0.15, 0.2) is 46.9 Å². The zero-order chi connectivity index (χ0) is 10.7. The highest BCUT2D eigenvalue weighted by atomic mass is 79.9. The Hall–Kier alpha value is -1.59. The molecule has 0 atom stereocenters. The van der Waals surface area contributed by atoms with Gasteiger partial charge in [0.25, 0.3) is 0 Å². The van der Waals surface area contributed by atoms with Crippen molar-refractivity contribution in [3.63, 3.8) is 0 Å². The summed E-state index contributed by atoms with van der Waals surface area (Å²) in [7, 11) is 0. The highest BCUT2D eigenvalue weighted by Crippen LogP contribution is 2.28. The fourth-order valence-corrected chi connectivity index (χ4v) is 2.13. The Labute approximate surface area is 96.8 Å². The summed E-state index contributed by atoms with van der Waals surface area (Å²) in [4.78, 5) is 0. The van der Waals surface area contributed by atoms with Crippen LogP contribution >= 0.6 is 15.9 Å². The van der Waals surface area contributed by atoms with E-state index in [4.69, 9.17) is 5.26 Å². The highest BCUT2D eigenvalue weighted by molar-refractivity contribution is 9.10. The van der Waals surface area contributed by atoms with Crippen molar-refractivity contribution < 1.29 is 0 Å². The summed E-state index contributed by atoms with van der Waals surface area (Å²) in [5.74, 6) is 0. The molecule has 0 aliphatic rings. The molecule has 0 saturated heterocycles. The van der Waals surface area contributed by atoms with Crippen molar-refractivity contribution in [2.45, 2.75) is 0 Å². The Morgan fingerprint density at radius 3 is 2.73 bits per heavy atom. The van der Waals surface area contributed by atoms with E-state index in [9.17, 15) is 0 Å². The summed E-state index contributed by atoms with van der Waals surface area (Å²) < 4.78 is 1.03. The topological polar surface area (TPSA) is 23.8 Å². The van der Waals surface area contributed by atoms with Crippen molar-refractivity contribution in [3.05, 3.63) is 52.5 Å². The molecule has 0 aromatic heterocycles. The van der Waals surface area contributed by atoms with E-state index in [1.807, 2.05) is 24.3 Å². The summed E-state index contributed by atoms with van der Waals surface area (Å²) in [5, 5.41) is 10.8. The van der Waals surface area contributed by atoms with Gasteiger partial charge < -0.3 is 0 Å². The molecule has 0 spiro atoms. The number of hydrogen-bond acceptors (Lipinski definition) is 1. The predicted molar refractivity (Wildman–Crippen MR) is 66.3 cm³/mol. The van der Waals surface area contributed by atoms with Crippen LogP contribution in [0.4, 0.5) is 0 Å². The Morgan fingerprint density at radius 2 is 1.93 bits per heavy atom. The maximum absolute atomic E-state index is 8.48. The third-order valence-electron chi connectivity index (χ3n) is 2.23. The molecule has 1 nitrogen and oxygen atoms in total. The molecule has 0 amide bonds. The van der Waals surface area contributed by atoms with Gasteiger partial charge in [-0.2, -0.15) is 5.26 Å². The minimum absolute atomic E-state index is 1.02. The van der Waals surface area contributed by atoms with Gasteiger partial charge in [0.15, 0.2) is 0 Å². The van der Waals surface area contributed by atoms with Crippen LogP contribution in [0, 0.1) is 11.3 Å². The van der Waals surface area contributed by atoms with E-state index in [-0.39, 0.29) is 0 Å². The van der Waals surface area contributed by atoms with Gasteiger partial charge in [-0.05, 0) is 38.3 Å². The molecule has 2 heteroatoms. The molecule has 0 saturated carbocycles. The number of nitriles is 1. The lowest BCUT2D eigenvalue weighted by Gasteiger charge is -2.03. The van der Waals surface area contributed by atoms with Crippen LogP contribution in [-0.4, -0.2) is 0 Å². The summed E-state index contributed by atoms with van der Waals surface area (Å²) >= 11 is 3.55. The van der Waals surface area contributed by atoms with Crippen molar-refractivity contribution >= 4 is 32.8 Å². The second-order valence-corrected chi connectivity index (χ2v) is 3.95. The molecule has 2 aromatic carbocycles. The molecule has 15 heavy (non-hydrogen) atoms. The number of benzene rings is 2. The van der Waals surface area contributed by atoms with Gasteiger partial charge in [-0.25, -0.2) is 0 Å². The largest absolute Gasteiger partial charge is 0.193 e. The van der Waals surface area contributed by atoms with E-state index < -0.39 is 0 Å². The van der Waals surface area contributed by atoms with E-state index in [2.05, 4.69) is 34.1 Å². The van der Waals surface area contributed by atoms with E-state index in [0.29, 0.717) is 0 Å². The smallest absolute Gasteiger partial charge is 0.0912 e. The number of halogens is 1. The van der Waals surface area contributed by atoms with Gasteiger partial charge in [-0.15, -0.1) is 0 Å². The number of hydrogen-bond donors (Lipinski definition) is 0. The van der Waals surface area contributed by atoms with Gasteiger partial charge in [0.05, 0.1) is 6.07 Å². The number of rotatable bonds is 1. The van der Waals surface area contributed by atoms with Gasteiger partial charge in [0.2, 0.25) is 0 Å². The van der Waals surface area contributed by atoms with Gasteiger partial charge >= 0.3 is 0 Å². The quantitative estimate of drug-likeness (QED) is 0.705. The van der Waals surface area contributed by atoms with Crippen LogP contribution in [0.2, 0.25) is 0 Å². The molecule has 0 N–H and O–H groups in total. The second-order valence-electron chi connectivity index (χ2n) is 3.15. The molecular weight excluding hydrogens is 250 g/mol. The van der Waals surface area contributed by atoms with Crippen LogP contribution in [-0.2, 0) is 0 Å². The summed E-state index contributed by atoms with van der Waals surface area (Å²) in [6.45, 7) is 0. The number of nitrogens with zero attached hydrogens (tertiary/aromatic N) is 1. The average molecular weight is 258 g/mol. The maximum atomic E-state index is 8.48. The fourth-order valence-electron chi connectivity index (χ4n) is 1.51. The van der Waals surface area contributed by atoms with Crippen LogP contribution in [0.25, 0.3) is 16.8 Å². The van der Waals surface area contributed by atoms with E-state index in [1.165, 1.54) is 11.5 Å². The summed E-state index contributed by atoms with van der Waals surface area (Å²) in [6.07, 6.45) is 3.28. The van der Waals surface area contributed by atoms with E-state index in [1.54, 1.807) is 6.08 Å². The molecule has 0 heterocycles. The third kappa shape index (κ3) is 1.93. The van der Waals surface area contributed by atoms with Crippen molar-refractivity contribution in [3.8, 4) is 6.07 Å². The Balaban J connectivity index is 2.66. The summed E-state index contributed by atoms with van der Waals surface area (Å²) in [6, 6.07) is 14.2. The lowest BCUT2D eigenvalue weighted by molar-refractivity contribution is 1.54. The first-order valence-corrected chi connectivity index (χ1v) is 5.35. The predicted octanol–water partition coefficient (Wildman–Crippen LogP) is 4.14. The zero-order valence-corrected chi connectivity index (χ0v) is 9.53. The monoisotopic (exact) mass is 257 g/mol. The van der Waals surface area contributed by atoms with Gasteiger partial charge in [-0.1, -0.05) is 36.4 Å². The minimum Gasteiger partial charge on any atom is -0.193 e. The average Bonchev–Trinajstić information content (AvgIpc) is 2.29. The van der Waals surface area contributed by atoms with Crippen molar-refractivity contribution in [1.29, 1.82) is 5.26 Å². The first kappa shape index (κ1) is 9.95. The SMILES string of the molecule is N#CC=Cc1ccc2ccccc2c1Br. The van der Waals surface area contributed by atoms with Crippen LogP contribution in [0.5, 0.6) is 0 Å². The third-order valence-corrected chi connectivity index (χ3v) is 3.12. The normalized spacial score (nSPS) is 10.7. The Kier molecular flexibility index (Phi) is 2.84. The van der Waals surface area contributed by atoms with Crippen LogP contribution in [0.1, 0.15) is 5.56 Å². The maximum Gasteiger partial charge on any atom is 0.0912 e. The van der Waals surface area contributed by atoms with Crippen LogP contribution in [0.3, 0.4) is 0 Å². The Bertz CT molecular complexity index is 564. The lowest BCUT2D eigenvalue weighted by Crippen LogP contribution is -1.79. The first-order chi connectivity index (χ1) is 7.33. The van der Waals surface area contributed by atoms with Gasteiger partial charge in [-0.3, -0.25) is 0 Å². The summed E-state index contributed by atoms with van der Waals surface area (Å²) in [5.41, 5.74) is 1.02. The van der Waals surface area contributed by atoms with Crippen molar-refractivity contribution in [1.82, 2.24) is 0 Å². The molecular formula is C13H8BrN. The molecule has 0 bridgehead atoms. The van der Waals surface area contributed by atoms with E-state index >= 15 is 0 Å². The molecule has 0 aliphatic heterocycles. The van der Waals surface area contributed by atoms with Crippen molar-refractivity contribution in [2.75, 3.05) is 0 Å². The molecule has 0 radical (unpaired) electrons. The van der Waals surface area contributed by atoms with Crippen LogP contribution < -0.4 is 0 Å². The molecule has 0 aliphatic carbocycles. The van der Waals surface area contributed by atoms with E-state index in [0.717, 1.165) is 15.4 Å². The molecule has 0 fully saturated rings. The first-order valence-electron chi connectivity index (χ1n) is 4.56. The fraction of sp³-hybridized carbons (Fsp3) is 0. The number of fused-ring (bicyclic) bond motifs is 1. The Morgan fingerprint density at radius 1 is 1.13 bits per heavy atom. The van der Waals surface area contributed by atoms with Gasteiger partial charge in [0.1, 0.15) is 0 Å². The van der Waals surface area contributed by atoms with Gasteiger partial charge in [0, 0.05) is 10.5 Å². The zero-order valence-electron chi connectivity index (χ0n) is 7.94. The van der Waals surface area contributed by atoms with Crippen molar-refractivity contribution in [2.24, 2.45) is 0 Å². The number of allylic oxidation sites excluding steroid dienone is 1. The lowest BCUT2D eigenvalue weighted by atomic mass is 10.1. The minimum atomic E-state index is 1.02. The molecule has 2 aromatic rings. The second kappa shape index (κ2) is 4.29.